The zero-order chi connectivity index (χ0) is 21.0. The fraction of sp³-hybridized carbons (Fsp3) is 0.273. The van der Waals surface area contributed by atoms with Gasteiger partial charge in [-0.05, 0) is 77.8 Å². The fourth-order valence-corrected chi connectivity index (χ4v) is 4.48. The number of hydrogen-bond donors (Lipinski definition) is 1. The average Bonchev–Trinajstić information content (AvgIpc) is 3.01. The summed E-state index contributed by atoms with van der Waals surface area (Å²) in [5.41, 5.74) is 4.38. The predicted octanol–water partition coefficient (Wildman–Crippen LogP) is 5.23. The molecule has 1 fully saturated rings. The van der Waals surface area contributed by atoms with Gasteiger partial charge in [-0.1, -0.05) is 29.3 Å². The average molecular weight is 475 g/mol. The first kappa shape index (κ1) is 21.5. The number of methoxy groups -OCH3 is 1. The summed E-state index contributed by atoms with van der Waals surface area (Å²) in [5.74, 6) is 1.11. The predicted molar refractivity (Wildman–Crippen MR) is 123 cm³/mol. The van der Waals surface area contributed by atoms with Crippen LogP contribution in [0.25, 0.3) is 6.08 Å². The Kier molecular flexibility index (Phi) is 7.03. The third kappa shape index (κ3) is 5.42. The Hall–Kier alpha value is -2.25. The zero-order valence-electron chi connectivity index (χ0n) is 16.8. The SMILES string of the molecule is CCOc1c(Br)cc(/C=C2\SC(=NCc3cc(C)cc(C)c3)NC2=O)cc1OC. The van der Waals surface area contributed by atoms with Gasteiger partial charge in [0.15, 0.2) is 16.7 Å². The van der Waals surface area contributed by atoms with Crippen molar-refractivity contribution in [3.63, 3.8) is 0 Å². The first-order valence-electron chi connectivity index (χ1n) is 9.22. The molecule has 2 aromatic rings. The van der Waals surface area contributed by atoms with Crippen LogP contribution in [0.15, 0.2) is 44.7 Å². The van der Waals surface area contributed by atoms with Crippen LogP contribution in [-0.2, 0) is 11.3 Å². The third-order valence-electron chi connectivity index (χ3n) is 4.18. The number of carbonyl (C=O) groups excluding carboxylic acids is 1. The van der Waals surface area contributed by atoms with E-state index in [0.29, 0.717) is 34.7 Å². The Labute approximate surface area is 183 Å². The van der Waals surface area contributed by atoms with Gasteiger partial charge in [0, 0.05) is 0 Å². The highest BCUT2D eigenvalue weighted by atomic mass is 79.9. The minimum Gasteiger partial charge on any atom is -0.493 e. The molecule has 2 aromatic carbocycles. The van der Waals surface area contributed by atoms with Crippen molar-refractivity contribution in [1.82, 2.24) is 5.32 Å². The van der Waals surface area contributed by atoms with Crippen LogP contribution in [-0.4, -0.2) is 24.8 Å². The largest absolute Gasteiger partial charge is 0.493 e. The number of halogens is 1. The standard InChI is InChI=1S/C22H23BrN2O3S/c1-5-28-20-17(23)9-15(10-18(20)27-4)11-19-21(26)25-22(29-19)24-12-16-7-13(2)6-14(3)8-16/h6-11H,5,12H2,1-4H3,(H,24,25,26)/b19-11-. The highest BCUT2D eigenvalue weighted by Crippen LogP contribution is 2.38. The van der Waals surface area contributed by atoms with Gasteiger partial charge in [-0.3, -0.25) is 9.79 Å². The smallest absolute Gasteiger partial charge is 0.264 e. The number of rotatable bonds is 6. The van der Waals surface area contributed by atoms with Gasteiger partial charge in [-0.25, -0.2) is 0 Å². The Balaban J connectivity index is 1.79. The summed E-state index contributed by atoms with van der Waals surface area (Å²) in [7, 11) is 1.59. The van der Waals surface area contributed by atoms with Gasteiger partial charge in [0.25, 0.3) is 5.91 Å². The number of benzene rings is 2. The minimum atomic E-state index is -0.154. The lowest BCUT2D eigenvalue weighted by atomic mass is 10.1. The van der Waals surface area contributed by atoms with E-state index in [0.717, 1.165) is 15.6 Å². The highest BCUT2D eigenvalue weighted by molar-refractivity contribution is 9.10. The highest BCUT2D eigenvalue weighted by Gasteiger charge is 2.24. The van der Waals surface area contributed by atoms with Crippen LogP contribution in [0.5, 0.6) is 11.5 Å². The second-order valence-electron chi connectivity index (χ2n) is 6.65. The van der Waals surface area contributed by atoms with Crippen LogP contribution in [0.1, 0.15) is 29.2 Å². The Morgan fingerprint density at radius 2 is 1.90 bits per heavy atom. The molecule has 1 heterocycles. The van der Waals surface area contributed by atoms with Gasteiger partial charge in [0.1, 0.15) is 0 Å². The van der Waals surface area contributed by atoms with Crippen molar-refractivity contribution >= 4 is 44.8 Å². The molecule has 0 saturated carbocycles. The molecule has 1 saturated heterocycles. The lowest BCUT2D eigenvalue weighted by molar-refractivity contribution is -0.115. The van der Waals surface area contributed by atoms with Gasteiger partial charge in [-0.2, -0.15) is 0 Å². The molecule has 0 aromatic heterocycles. The molecule has 152 valence electrons. The molecule has 0 spiro atoms. The number of ether oxygens (including phenoxy) is 2. The van der Waals surface area contributed by atoms with E-state index in [2.05, 4.69) is 58.3 Å². The van der Waals surface area contributed by atoms with Crippen molar-refractivity contribution < 1.29 is 14.3 Å². The summed E-state index contributed by atoms with van der Waals surface area (Å²) in [6, 6.07) is 10.1. The molecule has 1 N–H and O–H groups in total. The molecule has 29 heavy (non-hydrogen) atoms. The number of thioether (sulfide) groups is 1. The molecule has 5 nitrogen and oxygen atoms in total. The number of amides is 1. The number of nitrogens with zero attached hydrogens (tertiary/aromatic N) is 1. The molecule has 1 amide bonds. The number of amidine groups is 1. The van der Waals surface area contributed by atoms with Crippen molar-refractivity contribution in [2.24, 2.45) is 4.99 Å². The van der Waals surface area contributed by atoms with Crippen molar-refractivity contribution in [1.29, 1.82) is 0 Å². The van der Waals surface area contributed by atoms with Gasteiger partial charge >= 0.3 is 0 Å². The third-order valence-corrected chi connectivity index (χ3v) is 5.71. The Morgan fingerprint density at radius 3 is 2.55 bits per heavy atom. The minimum absolute atomic E-state index is 0.154. The van der Waals surface area contributed by atoms with Crippen molar-refractivity contribution in [3.05, 3.63) is 62.0 Å². The van der Waals surface area contributed by atoms with Crippen molar-refractivity contribution in [3.8, 4) is 11.5 Å². The van der Waals surface area contributed by atoms with Crippen LogP contribution >= 0.6 is 27.7 Å². The van der Waals surface area contributed by atoms with E-state index in [9.17, 15) is 4.79 Å². The van der Waals surface area contributed by atoms with E-state index in [4.69, 9.17) is 9.47 Å². The van der Waals surface area contributed by atoms with E-state index in [-0.39, 0.29) is 5.91 Å². The summed E-state index contributed by atoms with van der Waals surface area (Å²) >= 11 is 4.85. The molecule has 7 heteroatoms. The number of aryl methyl sites for hydroxylation is 2. The molecule has 0 aliphatic carbocycles. The second-order valence-corrected chi connectivity index (χ2v) is 8.53. The number of aliphatic imine (C=N–C) groups is 1. The number of hydrogen-bond acceptors (Lipinski definition) is 5. The molecule has 0 bridgehead atoms. The van der Waals surface area contributed by atoms with Crippen molar-refractivity contribution in [2.45, 2.75) is 27.3 Å². The van der Waals surface area contributed by atoms with E-state index < -0.39 is 0 Å². The summed E-state index contributed by atoms with van der Waals surface area (Å²) in [4.78, 5) is 17.5. The molecular formula is C22H23BrN2O3S. The van der Waals surface area contributed by atoms with E-state index >= 15 is 0 Å². The van der Waals surface area contributed by atoms with Gasteiger partial charge in [0.05, 0.1) is 29.6 Å². The first-order valence-corrected chi connectivity index (χ1v) is 10.8. The maximum atomic E-state index is 12.4. The summed E-state index contributed by atoms with van der Waals surface area (Å²) in [6.07, 6.45) is 1.82. The van der Waals surface area contributed by atoms with E-state index in [1.165, 1.54) is 22.9 Å². The van der Waals surface area contributed by atoms with Crippen molar-refractivity contribution in [2.75, 3.05) is 13.7 Å². The summed E-state index contributed by atoms with van der Waals surface area (Å²) in [6.45, 7) is 7.12. The van der Waals surface area contributed by atoms with E-state index in [1.54, 1.807) is 7.11 Å². The van der Waals surface area contributed by atoms with E-state index in [1.807, 2.05) is 25.1 Å². The lowest BCUT2D eigenvalue weighted by Crippen LogP contribution is -2.19. The Bertz CT molecular complexity index is 982. The Morgan fingerprint density at radius 1 is 1.17 bits per heavy atom. The zero-order valence-corrected chi connectivity index (χ0v) is 19.2. The molecule has 1 aliphatic heterocycles. The maximum Gasteiger partial charge on any atom is 0.264 e. The maximum absolute atomic E-state index is 12.4. The number of carbonyl (C=O) groups is 1. The molecule has 1 aliphatic rings. The molecule has 0 atom stereocenters. The lowest BCUT2D eigenvalue weighted by Gasteiger charge is -2.12. The normalized spacial score (nSPS) is 16.4. The first-order chi connectivity index (χ1) is 13.9. The van der Waals surface area contributed by atoms with Crippen LogP contribution in [0.2, 0.25) is 0 Å². The van der Waals surface area contributed by atoms with Crippen LogP contribution < -0.4 is 14.8 Å². The monoisotopic (exact) mass is 474 g/mol. The van der Waals surface area contributed by atoms with Gasteiger partial charge < -0.3 is 14.8 Å². The fourth-order valence-electron chi connectivity index (χ4n) is 3.08. The van der Waals surface area contributed by atoms with Gasteiger partial charge in [-0.15, -0.1) is 0 Å². The molecular weight excluding hydrogens is 452 g/mol. The van der Waals surface area contributed by atoms with Gasteiger partial charge in [0.2, 0.25) is 0 Å². The second kappa shape index (κ2) is 9.50. The quantitative estimate of drug-likeness (QED) is 0.581. The van der Waals surface area contributed by atoms with Crippen LogP contribution in [0, 0.1) is 13.8 Å². The summed E-state index contributed by atoms with van der Waals surface area (Å²) in [5, 5.41) is 3.45. The van der Waals surface area contributed by atoms with Crippen LogP contribution in [0.3, 0.4) is 0 Å². The number of nitrogens with one attached hydrogen (secondary N) is 1. The topological polar surface area (TPSA) is 59.9 Å². The molecule has 3 rings (SSSR count). The molecule has 0 unspecified atom stereocenters. The molecule has 0 radical (unpaired) electrons. The summed E-state index contributed by atoms with van der Waals surface area (Å²) < 4.78 is 11.8. The van der Waals surface area contributed by atoms with Crippen LogP contribution in [0.4, 0.5) is 0 Å².